The molecule has 0 saturated heterocycles. The molecule has 3 aromatic carbocycles. The van der Waals surface area contributed by atoms with Crippen LogP contribution in [0.4, 0.5) is 4.39 Å². The Labute approximate surface area is 192 Å². The van der Waals surface area contributed by atoms with Crippen molar-refractivity contribution in [2.45, 2.75) is 20.5 Å². The quantitative estimate of drug-likeness (QED) is 0.365. The van der Waals surface area contributed by atoms with Crippen LogP contribution in [0.1, 0.15) is 34.0 Å². The fourth-order valence-electron chi connectivity index (χ4n) is 3.08. The van der Waals surface area contributed by atoms with E-state index in [-0.39, 0.29) is 24.6 Å². The highest BCUT2D eigenvalue weighted by Gasteiger charge is 2.13. The smallest absolute Gasteiger partial charge is 0.336 e. The topological polar surface area (TPSA) is 65.0 Å². The van der Waals surface area contributed by atoms with Gasteiger partial charge in [-0.3, -0.25) is 0 Å². The minimum atomic E-state index is -0.977. The SMILES string of the molecule is C=C(O/C=C(\C)COc1cccc(OCc2cccc(C)c2C(=O)O)c1)c1ccc(F)cc1. The van der Waals surface area contributed by atoms with E-state index in [1.54, 1.807) is 55.5 Å². The molecule has 0 fully saturated rings. The molecule has 0 aromatic heterocycles. The normalized spacial score (nSPS) is 11.1. The molecule has 0 spiro atoms. The first-order valence-electron chi connectivity index (χ1n) is 10.3. The van der Waals surface area contributed by atoms with Crippen molar-refractivity contribution in [3.05, 3.63) is 113 Å². The van der Waals surface area contributed by atoms with E-state index in [1.165, 1.54) is 18.4 Å². The molecule has 6 heteroatoms. The van der Waals surface area contributed by atoms with Crippen LogP contribution >= 0.6 is 0 Å². The number of benzene rings is 3. The third-order valence-corrected chi connectivity index (χ3v) is 4.81. The van der Waals surface area contributed by atoms with Crippen molar-refractivity contribution in [3.63, 3.8) is 0 Å². The van der Waals surface area contributed by atoms with Crippen LogP contribution in [0.2, 0.25) is 0 Å². The van der Waals surface area contributed by atoms with E-state index in [9.17, 15) is 14.3 Å². The third kappa shape index (κ3) is 6.71. The van der Waals surface area contributed by atoms with Crippen molar-refractivity contribution in [2.24, 2.45) is 0 Å². The van der Waals surface area contributed by atoms with Gasteiger partial charge in [-0.2, -0.15) is 0 Å². The Hall–Kier alpha value is -4.06. The number of carbonyl (C=O) groups is 1. The molecule has 0 unspecified atom stereocenters. The van der Waals surface area contributed by atoms with E-state index in [2.05, 4.69) is 6.58 Å². The first-order chi connectivity index (χ1) is 15.8. The van der Waals surface area contributed by atoms with Gasteiger partial charge in [-0.25, -0.2) is 9.18 Å². The van der Waals surface area contributed by atoms with Gasteiger partial charge in [0.15, 0.2) is 0 Å². The van der Waals surface area contributed by atoms with Crippen LogP contribution in [0.15, 0.2) is 85.1 Å². The third-order valence-electron chi connectivity index (χ3n) is 4.81. The largest absolute Gasteiger partial charge is 0.489 e. The number of hydrogen-bond donors (Lipinski definition) is 1. The summed E-state index contributed by atoms with van der Waals surface area (Å²) in [7, 11) is 0. The lowest BCUT2D eigenvalue weighted by molar-refractivity contribution is 0.0693. The summed E-state index contributed by atoms with van der Waals surface area (Å²) in [6.07, 6.45) is 1.54. The van der Waals surface area contributed by atoms with E-state index in [0.29, 0.717) is 33.9 Å². The molecule has 3 aromatic rings. The highest BCUT2D eigenvalue weighted by Crippen LogP contribution is 2.23. The Morgan fingerprint density at radius 1 is 1.03 bits per heavy atom. The molecule has 33 heavy (non-hydrogen) atoms. The van der Waals surface area contributed by atoms with Gasteiger partial charge in [0.1, 0.15) is 36.3 Å². The molecule has 0 saturated carbocycles. The second kappa shape index (κ2) is 11.0. The van der Waals surface area contributed by atoms with Gasteiger partial charge in [-0.1, -0.05) is 30.8 Å². The molecule has 0 aliphatic heterocycles. The number of rotatable bonds is 10. The van der Waals surface area contributed by atoms with Gasteiger partial charge in [0.25, 0.3) is 0 Å². The molecular weight excluding hydrogens is 423 g/mol. The van der Waals surface area contributed by atoms with Gasteiger partial charge in [0.05, 0.1) is 11.8 Å². The van der Waals surface area contributed by atoms with Crippen LogP contribution in [0.5, 0.6) is 11.5 Å². The maximum atomic E-state index is 13.0. The summed E-state index contributed by atoms with van der Waals surface area (Å²) in [5, 5.41) is 9.45. The molecule has 0 atom stereocenters. The van der Waals surface area contributed by atoms with E-state index >= 15 is 0 Å². The number of hydrogen-bond acceptors (Lipinski definition) is 4. The highest BCUT2D eigenvalue weighted by atomic mass is 19.1. The fourth-order valence-corrected chi connectivity index (χ4v) is 3.08. The van der Waals surface area contributed by atoms with Crippen LogP contribution in [0, 0.1) is 12.7 Å². The van der Waals surface area contributed by atoms with Crippen molar-refractivity contribution in [1.29, 1.82) is 0 Å². The number of halogens is 1. The first kappa shape index (κ1) is 23.6. The van der Waals surface area contributed by atoms with E-state index in [4.69, 9.17) is 14.2 Å². The van der Waals surface area contributed by atoms with Gasteiger partial charge < -0.3 is 19.3 Å². The van der Waals surface area contributed by atoms with E-state index in [1.807, 2.05) is 13.0 Å². The van der Waals surface area contributed by atoms with Gasteiger partial charge >= 0.3 is 5.97 Å². The number of aryl methyl sites for hydroxylation is 1. The lowest BCUT2D eigenvalue weighted by atomic mass is 10.0. The maximum Gasteiger partial charge on any atom is 0.336 e. The average Bonchev–Trinajstić information content (AvgIpc) is 2.80. The van der Waals surface area contributed by atoms with Crippen molar-refractivity contribution in [1.82, 2.24) is 0 Å². The number of aromatic carboxylic acids is 1. The molecule has 5 nitrogen and oxygen atoms in total. The fraction of sp³-hybridized carbons (Fsp3) is 0.148. The number of carboxylic acid groups (broad SMARTS) is 1. The molecule has 1 N–H and O–H groups in total. The molecule has 0 aliphatic carbocycles. The van der Waals surface area contributed by atoms with Gasteiger partial charge in [0.2, 0.25) is 0 Å². The predicted molar refractivity (Wildman–Crippen MR) is 125 cm³/mol. The van der Waals surface area contributed by atoms with E-state index in [0.717, 1.165) is 5.57 Å². The van der Waals surface area contributed by atoms with Crippen molar-refractivity contribution in [3.8, 4) is 11.5 Å². The Bertz CT molecular complexity index is 1170. The summed E-state index contributed by atoms with van der Waals surface area (Å²) in [4.78, 5) is 11.5. The Morgan fingerprint density at radius 3 is 2.39 bits per heavy atom. The highest BCUT2D eigenvalue weighted by molar-refractivity contribution is 5.91. The molecule has 0 radical (unpaired) electrons. The monoisotopic (exact) mass is 448 g/mol. The average molecular weight is 448 g/mol. The number of carboxylic acids is 1. The molecule has 0 amide bonds. The summed E-state index contributed by atoms with van der Waals surface area (Å²) in [5.41, 5.74) is 3.05. The Balaban J connectivity index is 1.55. The summed E-state index contributed by atoms with van der Waals surface area (Å²) in [6, 6.07) is 18.3. The van der Waals surface area contributed by atoms with Crippen molar-refractivity contribution >= 4 is 11.7 Å². The summed E-state index contributed by atoms with van der Waals surface area (Å²) in [6.45, 7) is 7.86. The zero-order chi connectivity index (χ0) is 23.8. The second-order valence-corrected chi connectivity index (χ2v) is 7.48. The van der Waals surface area contributed by atoms with Crippen LogP contribution in [0.25, 0.3) is 5.76 Å². The van der Waals surface area contributed by atoms with E-state index < -0.39 is 5.97 Å². The molecule has 0 aliphatic rings. The first-order valence-corrected chi connectivity index (χ1v) is 10.3. The lowest BCUT2D eigenvalue weighted by Gasteiger charge is -2.12. The van der Waals surface area contributed by atoms with Crippen LogP contribution in [0.3, 0.4) is 0 Å². The molecule has 0 bridgehead atoms. The zero-order valence-electron chi connectivity index (χ0n) is 18.5. The Morgan fingerprint density at radius 2 is 1.70 bits per heavy atom. The standard InChI is InChI=1S/C27H25FO5/c1-18(15-31-20(3)21-10-12-23(28)13-11-21)16-32-24-8-5-9-25(14-24)33-17-22-7-4-6-19(2)26(22)27(29)30/h4-15H,3,16-17H2,1-2H3,(H,29,30)/b18-15+. The Kier molecular flexibility index (Phi) is 7.86. The van der Waals surface area contributed by atoms with Crippen LogP contribution in [-0.4, -0.2) is 17.7 Å². The van der Waals surface area contributed by atoms with Gasteiger partial charge in [0, 0.05) is 17.2 Å². The van der Waals surface area contributed by atoms with Crippen LogP contribution in [-0.2, 0) is 11.3 Å². The zero-order valence-corrected chi connectivity index (χ0v) is 18.5. The predicted octanol–water partition coefficient (Wildman–Crippen LogP) is 6.38. The summed E-state index contributed by atoms with van der Waals surface area (Å²) in [5.74, 6) is 0.268. The summed E-state index contributed by atoms with van der Waals surface area (Å²) >= 11 is 0. The molecule has 3 rings (SSSR count). The second-order valence-electron chi connectivity index (χ2n) is 7.48. The van der Waals surface area contributed by atoms with Gasteiger partial charge in [-0.05, 0) is 61.4 Å². The lowest BCUT2D eigenvalue weighted by Crippen LogP contribution is -2.08. The maximum absolute atomic E-state index is 13.0. The molecule has 170 valence electrons. The summed E-state index contributed by atoms with van der Waals surface area (Å²) < 4.78 is 30.2. The number of ether oxygens (including phenoxy) is 3. The molecule has 0 heterocycles. The molecular formula is C27H25FO5. The minimum Gasteiger partial charge on any atom is -0.489 e. The van der Waals surface area contributed by atoms with Crippen molar-refractivity contribution < 1.29 is 28.5 Å². The van der Waals surface area contributed by atoms with Crippen molar-refractivity contribution in [2.75, 3.05) is 6.61 Å². The van der Waals surface area contributed by atoms with Crippen LogP contribution < -0.4 is 9.47 Å². The minimum absolute atomic E-state index is 0.130. The van der Waals surface area contributed by atoms with Gasteiger partial charge in [-0.15, -0.1) is 0 Å².